The number of aliphatic hydroxyl groups is 1. The van der Waals surface area contributed by atoms with Crippen LogP contribution in [0.5, 0.6) is 5.75 Å². The predicted molar refractivity (Wildman–Crippen MR) is 58.5 cm³/mol. The highest BCUT2D eigenvalue weighted by molar-refractivity contribution is 5.75. The number of aliphatic hydroxyl groups excluding tert-OH is 1. The second kappa shape index (κ2) is 6.09. The molecule has 0 aliphatic heterocycles. The van der Waals surface area contributed by atoms with Crippen molar-refractivity contribution in [2.45, 2.75) is 6.04 Å². The van der Waals surface area contributed by atoms with Crippen LogP contribution in [0, 0.1) is 0 Å². The average Bonchev–Trinajstić information content (AvgIpc) is 2.29. The Balaban J connectivity index is 2.87. The molecule has 0 unspecified atom stereocenters. The Hall–Kier alpha value is -1.59. The molecule has 0 aromatic heterocycles. The van der Waals surface area contributed by atoms with Gasteiger partial charge in [-0.25, -0.2) is 0 Å². The van der Waals surface area contributed by atoms with Gasteiger partial charge in [0.1, 0.15) is 11.8 Å². The third-order valence-electron chi connectivity index (χ3n) is 2.13. The molecule has 16 heavy (non-hydrogen) atoms. The molecule has 5 nitrogen and oxygen atoms in total. The number of nitrogens with one attached hydrogen (secondary N) is 1. The van der Waals surface area contributed by atoms with Gasteiger partial charge in [-0.2, -0.15) is 0 Å². The number of benzene rings is 1. The Bertz CT molecular complexity index is 354. The van der Waals surface area contributed by atoms with Crippen LogP contribution in [-0.2, 0) is 4.79 Å². The van der Waals surface area contributed by atoms with Gasteiger partial charge < -0.3 is 14.9 Å². The van der Waals surface area contributed by atoms with Gasteiger partial charge in [0, 0.05) is 6.54 Å². The molecule has 1 aromatic carbocycles. The van der Waals surface area contributed by atoms with Crippen molar-refractivity contribution >= 4 is 5.97 Å². The average molecular weight is 225 g/mol. The molecule has 0 radical (unpaired) electrons. The molecule has 0 saturated heterocycles. The first-order chi connectivity index (χ1) is 7.69. The summed E-state index contributed by atoms with van der Waals surface area (Å²) < 4.78 is 5.02. The van der Waals surface area contributed by atoms with Gasteiger partial charge in [-0.15, -0.1) is 0 Å². The highest BCUT2D eigenvalue weighted by Crippen LogP contribution is 2.19. The number of hydrogen-bond acceptors (Lipinski definition) is 4. The molecule has 0 bridgehead atoms. The van der Waals surface area contributed by atoms with Crippen molar-refractivity contribution < 1.29 is 19.7 Å². The summed E-state index contributed by atoms with van der Waals surface area (Å²) in [4.78, 5) is 11.0. The summed E-state index contributed by atoms with van der Waals surface area (Å²) >= 11 is 0. The van der Waals surface area contributed by atoms with Gasteiger partial charge in [0.15, 0.2) is 0 Å². The molecule has 0 heterocycles. The van der Waals surface area contributed by atoms with E-state index in [-0.39, 0.29) is 13.2 Å². The first-order valence-corrected chi connectivity index (χ1v) is 4.90. The highest BCUT2D eigenvalue weighted by atomic mass is 16.5. The van der Waals surface area contributed by atoms with Gasteiger partial charge in [0.2, 0.25) is 0 Å². The Morgan fingerprint density at radius 3 is 2.88 bits per heavy atom. The van der Waals surface area contributed by atoms with E-state index in [1.807, 2.05) is 0 Å². The summed E-state index contributed by atoms with van der Waals surface area (Å²) in [6, 6.07) is 6.00. The van der Waals surface area contributed by atoms with Crippen LogP contribution in [0.25, 0.3) is 0 Å². The standard InChI is InChI=1S/C11H15NO4/c1-16-9-4-2-3-8(7-9)10(11(14)15)12-5-6-13/h2-4,7,10,12-13H,5-6H2,1H3,(H,14,15)/t10-/m0/s1. The minimum absolute atomic E-state index is 0.103. The van der Waals surface area contributed by atoms with Crippen molar-refractivity contribution in [2.75, 3.05) is 20.3 Å². The van der Waals surface area contributed by atoms with Crippen molar-refractivity contribution in [1.29, 1.82) is 0 Å². The van der Waals surface area contributed by atoms with Crippen molar-refractivity contribution in [3.8, 4) is 5.75 Å². The number of methoxy groups -OCH3 is 1. The fourth-order valence-corrected chi connectivity index (χ4v) is 1.38. The topological polar surface area (TPSA) is 78.8 Å². The van der Waals surface area contributed by atoms with Crippen LogP contribution in [0.1, 0.15) is 11.6 Å². The van der Waals surface area contributed by atoms with Gasteiger partial charge >= 0.3 is 5.97 Å². The molecule has 0 spiro atoms. The van der Waals surface area contributed by atoms with Crippen molar-refractivity contribution in [2.24, 2.45) is 0 Å². The van der Waals surface area contributed by atoms with E-state index in [1.54, 1.807) is 24.3 Å². The number of rotatable bonds is 6. The molecule has 0 aliphatic carbocycles. The zero-order valence-electron chi connectivity index (χ0n) is 9.01. The predicted octanol–water partition coefficient (Wildman–Crippen LogP) is 0.403. The van der Waals surface area contributed by atoms with E-state index >= 15 is 0 Å². The van der Waals surface area contributed by atoms with E-state index in [0.717, 1.165) is 0 Å². The molecule has 1 atom stereocenters. The van der Waals surface area contributed by atoms with Crippen LogP contribution in [0.15, 0.2) is 24.3 Å². The fourth-order valence-electron chi connectivity index (χ4n) is 1.38. The van der Waals surface area contributed by atoms with Crippen molar-refractivity contribution in [3.63, 3.8) is 0 Å². The lowest BCUT2D eigenvalue weighted by atomic mass is 10.1. The molecular weight excluding hydrogens is 210 g/mol. The minimum Gasteiger partial charge on any atom is -0.497 e. The lowest BCUT2D eigenvalue weighted by Gasteiger charge is -2.14. The quantitative estimate of drug-likeness (QED) is 0.653. The number of carbonyl (C=O) groups is 1. The van der Waals surface area contributed by atoms with E-state index in [0.29, 0.717) is 11.3 Å². The summed E-state index contributed by atoms with van der Waals surface area (Å²) in [6.07, 6.45) is 0. The summed E-state index contributed by atoms with van der Waals surface area (Å²) in [7, 11) is 1.52. The maximum Gasteiger partial charge on any atom is 0.325 e. The third-order valence-corrected chi connectivity index (χ3v) is 2.13. The lowest BCUT2D eigenvalue weighted by Crippen LogP contribution is -2.30. The normalized spacial score (nSPS) is 12.1. The molecule has 1 rings (SSSR count). The number of aliphatic carboxylic acids is 1. The van der Waals surface area contributed by atoms with Crippen LogP contribution in [0.4, 0.5) is 0 Å². The van der Waals surface area contributed by atoms with Crippen LogP contribution < -0.4 is 10.1 Å². The second-order valence-electron chi connectivity index (χ2n) is 3.23. The first-order valence-electron chi connectivity index (χ1n) is 4.90. The van der Waals surface area contributed by atoms with Crippen molar-refractivity contribution in [1.82, 2.24) is 5.32 Å². The van der Waals surface area contributed by atoms with E-state index in [1.165, 1.54) is 7.11 Å². The smallest absolute Gasteiger partial charge is 0.325 e. The van der Waals surface area contributed by atoms with Gasteiger partial charge in [-0.1, -0.05) is 12.1 Å². The second-order valence-corrected chi connectivity index (χ2v) is 3.23. The minimum atomic E-state index is -0.985. The number of carboxylic acid groups (broad SMARTS) is 1. The number of carboxylic acids is 1. The first kappa shape index (κ1) is 12.5. The highest BCUT2D eigenvalue weighted by Gasteiger charge is 2.18. The summed E-state index contributed by atoms with van der Waals surface area (Å²) in [5, 5.41) is 20.4. The monoisotopic (exact) mass is 225 g/mol. The molecule has 0 fully saturated rings. The van der Waals surface area contributed by atoms with Crippen LogP contribution in [0.3, 0.4) is 0 Å². The summed E-state index contributed by atoms with van der Waals surface area (Å²) in [5.74, 6) is -0.378. The molecule has 3 N–H and O–H groups in total. The fraction of sp³-hybridized carbons (Fsp3) is 0.364. The van der Waals surface area contributed by atoms with E-state index in [2.05, 4.69) is 5.32 Å². The Kier molecular flexibility index (Phi) is 4.75. The van der Waals surface area contributed by atoms with Crippen LogP contribution in [0.2, 0.25) is 0 Å². The SMILES string of the molecule is COc1cccc([C@H](NCCO)C(=O)O)c1. The van der Waals surface area contributed by atoms with Crippen LogP contribution >= 0.6 is 0 Å². The van der Waals surface area contributed by atoms with Gasteiger partial charge in [-0.05, 0) is 17.7 Å². The number of ether oxygens (including phenoxy) is 1. The maximum atomic E-state index is 11.0. The molecule has 0 saturated carbocycles. The molecular formula is C11H15NO4. The zero-order valence-corrected chi connectivity index (χ0v) is 9.01. The summed E-state index contributed by atoms with van der Waals surface area (Å²) in [6.45, 7) is 0.127. The molecule has 1 aromatic rings. The largest absolute Gasteiger partial charge is 0.497 e. The van der Waals surface area contributed by atoms with Gasteiger partial charge in [0.05, 0.1) is 13.7 Å². The molecule has 5 heteroatoms. The van der Waals surface area contributed by atoms with E-state index in [9.17, 15) is 4.79 Å². The maximum absolute atomic E-state index is 11.0. The van der Waals surface area contributed by atoms with E-state index < -0.39 is 12.0 Å². The van der Waals surface area contributed by atoms with E-state index in [4.69, 9.17) is 14.9 Å². The number of hydrogen-bond donors (Lipinski definition) is 3. The molecule has 0 amide bonds. The summed E-state index contributed by atoms with van der Waals surface area (Å²) in [5.41, 5.74) is 0.598. The van der Waals surface area contributed by atoms with Gasteiger partial charge in [0.25, 0.3) is 0 Å². The van der Waals surface area contributed by atoms with Gasteiger partial charge in [-0.3, -0.25) is 10.1 Å². The van der Waals surface area contributed by atoms with Crippen LogP contribution in [-0.4, -0.2) is 36.4 Å². The molecule has 88 valence electrons. The zero-order chi connectivity index (χ0) is 12.0. The Morgan fingerprint density at radius 1 is 1.56 bits per heavy atom. The molecule has 0 aliphatic rings. The van der Waals surface area contributed by atoms with Crippen molar-refractivity contribution in [3.05, 3.63) is 29.8 Å². The lowest BCUT2D eigenvalue weighted by molar-refractivity contribution is -0.139. The Morgan fingerprint density at radius 2 is 2.31 bits per heavy atom. The Labute approximate surface area is 93.7 Å². The third kappa shape index (κ3) is 3.22.